The molecule has 1 saturated heterocycles. The standard InChI is InChI=1S/C48H73N12O2S.Co.2H2O/c1-37(2)36-42(44(61)52-24-15-31-60-32-29-50-27-25-49-26-28-51-30-33-60)55-47-56-46(53-39-16-11-9-7-5-4-6-8-10-12-17-39)57-48(58-47)62-35-34-59(3)40-22-20-38(21-23-40)45-54-41-18-13-14-19-43(41)63-45;;;/h13-14,18-23,37,39,42H,4-12,15-17,24-36H2,1-3H3,(H,52,61)(H2,53,55,56,57,58);;2*1H2/q-3;;;/t42-;;;/m0.../s1. The van der Waals surface area contributed by atoms with Crippen LogP contribution in [-0.2, 0) is 21.6 Å². The molecule has 1 radical (unpaired) electrons. The van der Waals surface area contributed by atoms with Crippen LogP contribution in [0, 0.1) is 5.92 Å². The van der Waals surface area contributed by atoms with E-state index in [0.29, 0.717) is 38.0 Å². The quantitative estimate of drug-likeness (QED) is 0.0868. The Kier molecular flexibility index (Phi) is 27.5. The molecule has 0 bridgehead atoms. The van der Waals surface area contributed by atoms with Crippen LogP contribution in [0.1, 0.15) is 97.3 Å². The average molecular weight is 977 g/mol. The summed E-state index contributed by atoms with van der Waals surface area (Å²) in [6.45, 7) is 13.2. The van der Waals surface area contributed by atoms with Gasteiger partial charge in [0.15, 0.2) is 0 Å². The zero-order chi connectivity index (χ0) is 43.9. The topological polar surface area (TPSA) is 226 Å². The van der Waals surface area contributed by atoms with E-state index in [-0.39, 0.29) is 51.6 Å². The number of hydrogen-bond acceptors (Lipinski definition) is 11. The van der Waals surface area contributed by atoms with Gasteiger partial charge in [-0.1, -0.05) is 83.8 Å². The molecule has 1 atom stereocenters. The van der Waals surface area contributed by atoms with Gasteiger partial charge in [0.2, 0.25) is 17.8 Å². The van der Waals surface area contributed by atoms with Gasteiger partial charge in [0, 0.05) is 47.7 Å². The number of carbonyl (C=O) groups excluding carboxylic acids is 1. The SMILES string of the molecule is CC(C)C[C@H](Nc1nc(NC2CCCCCCCCCCC2)nc(OCCN(C)c2ccc(-c3nc4ccccc4s3)cc2)n1)C(=O)NCCCN1CC[N-]CC[N-]CC[N-]CC1.O.O.[Co]. The number of likely N-dealkylation sites (N-methyl/N-ethyl adjacent to an activating group) is 1. The first kappa shape index (κ1) is 56.6. The first-order valence-electron chi connectivity index (χ1n) is 23.9. The Morgan fingerprint density at radius 1 is 0.803 bits per heavy atom. The third-order valence-electron chi connectivity index (χ3n) is 11.8. The summed E-state index contributed by atoms with van der Waals surface area (Å²) < 4.78 is 7.49. The van der Waals surface area contributed by atoms with Crippen LogP contribution in [-0.4, -0.2) is 139 Å². The van der Waals surface area contributed by atoms with Crippen molar-refractivity contribution >= 4 is 45.0 Å². The predicted molar refractivity (Wildman–Crippen MR) is 269 cm³/mol. The molecule has 1 amide bonds. The van der Waals surface area contributed by atoms with Crippen LogP contribution in [0.3, 0.4) is 0 Å². The summed E-state index contributed by atoms with van der Waals surface area (Å²) in [6, 6.07) is 16.7. The number of para-hydroxylation sites is 1. The molecular weight excluding hydrogens is 900 g/mol. The second kappa shape index (κ2) is 32.1. The number of amides is 1. The van der Waals surface area contributed by atoms with Crippen LogP contribution >= 0.6 is 11.3 Å². The molecule has 66 heavy (non-hydrogen) atoms. The molecule has 0 spiro atoms. The van der Waals surface area contributed by atoms with E-state index >= 15 is 0 Å². The maximum absolute atomic E-state index is 13.8. The molecule has 2 aromatic carbocycles. The van der Waals surface area contributed by atoms with E-state index in [1.165, 1.54) is 62.5 Å². The number of thiazole rings is 1. The van der Waals surface area contributed by atoms with E-state index in [1.807, 2.05) is 6.07 Å². The molecule has 16 nitrogen and oxygen atoms in total. The molecule has 4 aromatic rings. The van der Waals surface area contributed by atoms with E-state index in [2.05, 4.69) is 105 Å². The second-order valence-corrected chi connectivity index (χ2v) is 18.5. The van der Waals surface area contributed by atoms with E-state index in [1.54, 1.807) is 11.3 Å². The molecule has 6 rings (SSSR count). The van der Waals surface area contributed by atoms with Crippen LogP contribution in [0.2, 0.25) is 0 Å². The number of nitrogens with one attached hydrogen (secondary N) is 3. The number of rotatable bonds is 17. The van der Waals surface area contributed by atoms with E-state index in [9.17, 15) is 4.79 Å². The van der Waals surface area contributed by atoms with Crippen LogP contribution in [0.4, 0.5) is 17.6 Å². The van der Waals surface area contributed by atoms with Gasteiger partial charge < -0.3 is 57.4 Å². The molecule has 1 aliphatic heterocycles. The number of aromatic nitrogens is 4. The average Bonchev–Trinajstić information content (AvgIpc) is 3.71. The fraction of sp³-hybridized carbons (Fsp3) is 0.646. The normalized spacial score (nSPS) is 16.9. The number of ether oxygens (including phenoxy) is 1. The Balaban J connectivity index is 0.00000385. The van der Waals surface area contributed by atoms with Crippen molar-refractivity contribution in [3.63, 3.8) is 0 Å². The molecular formula is C48H77CoN12O4S-3. The van der Waals surface area contributed by atoms with Crippen molar-refractivity contribution in [1.82, 2.24) is 30.2 Å². The number of hydrogen-bond donors (Lipinski definition) is 3. The summed E-state index contributed by atoms with van der Waals surface area (Å²) in [7, 11) is 2.06. The zero-order valence-electron chi connectivity index (χ0n) is 39.6. The van der Waals surface area contributed by atoms with Crippen LogP contribution in [0.25, 0.3) is 36.7 Å². The number of carbonyl (C=O) groups is 1. The minimum Gasteiger partial charge on any atom is -0.665 e. The van der Waals surface area contributed by atoms with E-state index in [0.717, 1.165) is 99.9 Å². The maximum atomic E-state index is 13.8. The molecule has 3 heterocycles. The molecule has 2 aromatic heterocycles. The van der Waals surface area contributed by atoms with Crippen LogP contribution in [0.15, 0.2) is 48.5 Å². The smallest absolute Gasteiger partial charge is 0.323 e. The predicted octanol–water partition coefficient (Wildman–Crippen LogP) is 7.87. The van der Waals surface area contributed by atoms with Gasteiger partial charge in [-0.15, -0.1) is 24.4 Å². The van der Waals surface area contributed by atoms with Crippen molar-refractivity contribution in [3.8, 4) is 16.6 Å². The zero-order valence-corrected chi connectivity index (χ0v) is 41.5. The second-order valence-electron chi connectivity index (χ2n) is 17.5. The maximum Gasteiger partial charge on any atom is 0.323 e. The first-order chi connectivity index (χ1) is 30.9. The van der Waals surface area contributed by atoms with Crippen molar-refractivity contribution in [2.45, 2.75) is 109 Å². The van der Waals surface area contributed by atoms with Gasteiger partial charge >= 0.3 is 6.01 Å². The van der Waals surface area contributed by atoms with Gasteiger partial charge in [0.25, 0.3) is 0 Å². The largest absolute Gasteiger partial charge is 0.665 e. The van der Waals surface area contributed by atoms with Gasteiger partial charge in [-0.05, 0) is 87.6 Å². The van der Waals surface area contributed by atoms with Gasteiger partial charge in [0.1, 0.15) is 17.7 Å². The molecule has 2 fully saturated rings. The number of fused-ring (bicyclic) bond motifs is 1. The third kappa shape index (κ3) is 20.2. The van der Waals surface area contributed by atoms with Crippen molar-refractivity contribution in [2.24, 2.45) is 5.92 Å². The Morgan fingerprint density at radius 3 is 2.05 bits per heavy atom. The van der Waals surface area contributed by atoms with E-state index in [4.69, 9.17) is 24.7 Å². The summed E-state index contributed by atoms with van der Waals surface area (Å²) in [5.41, 5.74) is 3.21. The third-order valence-corrected chi connectivity index (χ3v) is 12.9. The number of benzene rings is 2. The van der Waals surface area contributed by atoms with Crippen LogP contribution in [0.5, 0.6) is 6.01 Å². The fourth-order valence-corrected chi connectivity index (χ4v) is 9.14. The molecule has 371 valence electrons. The summed E-state index contributed by atoms with van der Waals surface area (Å²) in [4.78, 5) is 37.6. The van der Waals surface area contributed by atoms with Gasteiger partial charge in [-0.3, -0.25) is 4.79 Å². The Morgan fingerprint density at radius 2 is 1.41 bits per heavy atom. The molecule has 1 saturated carbocycles. The first-order valence-corrected chi connectivity index (χ1v) is 24.7. The summed E-state index contributed by atoms with van der Waals surface area (Å²) in [5.74, 6) is 1.04. The molecule has 7 N–H and O–H groups in total. The van der Waals surface area contributed by atoms with Crippen molar-refractivity contribution in [1.29, 1.82) is 0 Å². The van der Waals surface area contributed by atoms with Crippen molar-refractivity contribution in [3.05, 3.63) is 64.5 Å². The van der Waals surface area contributed by atoms with Gasteiger partial charge in [-0.2, -0.15) is 41.1 Å². The van der Waals surface area contributed by atoms with Gasteiger partial charge in [0.05, 0.1) is 16.8 Å². The molecule has 0 unspecified atom stereocenters. The minimum atomic E-state index is -0.518. The fourth-order valence-electron chi connectivity index (χ4n) is 8.17. The van der Waals surface area contributed by atoms with Crippen molar-refractivity contribution in [2.75, 3.05) is 101 Å². The van der Waals surface area contributed by atoms with Gasteiger partial charge in [-0.25, -0.2) is 4.98 Å². The Bertz CT molecular complexity index is 1850. The van der Waals surface area contributed by atoms with Crippen molar-refractivity contribution < 1.29 is 37.3 Å². The Labute approximate surface area is 408 Å². The number of nitrogens with zero attached hydrogens (tertiary/aromatic N) is 9. The summed E-state index contributed by atoms with van der Waals surface area (Å²) in [5, 5.41) is 25.1. The molecule has 18 heteroatoms. The summed E-state index contributed by atoms with van der Waals surface area (Å²) in [6.07, 6.45) is 15.1. The molecule has 2 aliphatic rings. The minimum absolute atomic E-state index is 0. The summed E-state index contributed by atoms with van der Waals surface area (Å²) >= 11 is 1.71. The number of anilines is 3. The monoisotopic (exact) mass is 977 g/mol. The molecule has 1 aliphatic carbocycles. The Hall–Kier alpha value is -3.72. The van der Waals surface area contributed by atoms with E-state index < -0.39 is 6.04 Å². The van der Waals surface area contributed by atoms with Crippen LogP contribution < -0.4 is 25.6 Å².